The molecule has 0 aliphatic heterocycles. The number of nitro benzene ring substituents is 1. The van der Waals surface area contributed by atoms with Gasteiger partial charge in [0.25, 0.3) is 5.69 Å². The Kier molecular flexibility index (Phi) is 5.09. The Morgan fingerprint density at radius 3 is 2.44 bits per heavy atom. The second-order valence-corrected chi connectivity index (χ2v) is 9.44. The van der Waals surface area contributed by atoms with Crippen molar-refractivity contribution in [1.29, 1.82) is 0 Å². The van der Waals surface area contributed by atoms with E-state index in [1.54, 1.807) is 12.1 Å². The highest BCUT2D eigenvalue weighted by Gasteiger charge is 2.18. The van der Waals surface area contributed by atoms with Crippen molar-refractivity contribution >= 4 is 13.8 Å². The Morgan fingerprint density at radius 1 is 1.33 bits per heavy atom. The predicted octanol–water partition coefficient (Wildman–Crippen LogP) is 3.73. The molecule has 0 bridgehead atoms. The number of rotatable bonds is 6. The molecule has 0 spiro atoms. The second kappa shape index (κ2) is 6.35. The molecule has 0 aromatic heterocycles. The number of hydrogen-bond donors (Lipinski definition) is 0. The summed E-state index contributed by atoms with van der Waals surface area (Å²) in [6.07, 6.45) is 3.89. The standard InChI is InChI=1S/C13H19NO3Si/c1-4-5-10-18(2,3)11-17-13-8-6-12(7-9-13)14(15)16/h5-10H,4,11H2,1-3H3/b10-5+. The van der Waals surface area contributed by atoms with E-state index >= 15 is 0 Å². The van der Waals surface area contributed by atoms with Gasteiger partial charge in [-0.2, -0.15) is 0 Å². The molecule has 18 heavy (non-hydrogen) atoms. The first kappa shape index (κ1) is 14.4. The molecule has 0 saturated heterocycles. The molecule has 5 heteroatoms. The van der Waals surface area contributed by atoms with Crippen molar-refractivity contribution in [1.82, 2.24) is 0 Å². The molecule has 0 unspecified atom stereocenters. The zero-order valence-electron chi connectivity index (χ0n) is 11.1. The van der Waals surface area contributed by atoms with Gasteiger partial charge >= 0.3 is 0 Å². The third kappa shape index (κ3) is 4.71. The highest BCUT2D eigenvalue weighted by molar-refractivity contribution is 6.82. The number of ether oxygens (including phenoxy) is 1. The highest BCUT2D eigenvalue weighted by atomic mass is 28.3. The minimum atomic E-state index is -1.48. The van der Waals surface area contributed by atoms with Crippen LogP contribution in [0.1, 0.15) is 13.3 Å². The van der Waals surface area contributed by atoms with Crippen LogP contribution in [-0.4, -0.2) is 19.2 Å². The third-order valence-electron chi connectivity index (χ3n) is 2.46. The number of allylic oxidation sites excluding steroid dienone is 1. The van der Waals surface area contributed by atoms with E-state index in [4.69, 9.17) is 4.74 Å². The van der Waals surface area contributed by atoms with Gasteiger partial charge in [-0.1, -0.05) is 31.8 Å². The molecule has 0 fully saturated rings. The SMILES string of the molecule is CC/C=C/[Si](C)(C)COc1ccc([N+](=O)[O-])cc1. The molecule has 1 aromatic carbocycles. The maximum absolute atomic E-state index is 10.5. The van der Waals surface area contributed by atoms with Crippen LogP contribution in [0.4, 0.5) is 5.69 Å². The zero-order chi connectivity index (χ0) is 13.6. The molecule has 0 atom stereocenters. The number of nitro groups is 1. The van der Waals surface area contributed by atoms with E-state index in [2.05, 4.69) is 31.8 Å². The average molecular weight is 265 g/mol. The molecular formula is C13H19NO3Si. The van der Waals surface area contributed by atoms with Crippen molar-refractivity contribution < 1.29 is 9.66 Å². The van der Waals surface area contributed by atoms with Crippen LogP contribution in [0.2, 0.25) is 13.1 Å². The van der Waals surface area contributed by atoms with E-state index in [9.17, 15) is 10.1 Å². The Balaban J connectivity index is 2.58. The topological polar surface area (TPSA) is 52.4 Å². The van der Waals surface area contributed by atoms with Crippen molar-refractivity contribution in [3.63, 3.8) is 0 Å². The van der Waals surface area contributed by atoms with Gasteiger partial charge in [0, 0.05) is 12.1 Å². The molecule has 0 amide bonds. The summed E-state index contributed by atoms with van der Waals surface area (Å²) in [5.74, 6) is 0.686. The smallest absolute Gasteiger partial charge is 0.269 e. The maximum atomic E-state index is 10.5. The van der Waals surface area contributed by atoms with Crippen molar-refractivity contribution in [3.8, 4) is 5.75 Å². The van der Waals surface area contributed by atoms with Crippen LogP contribution in [0, 0.1) is 10.1 Å². The summed E-state index contributed by atoms with van der Waals surface area (Å²) in [7, 11) is -1.48. The van der Waals surface area contributed by atoms with Crippen LogP contribution >= 0.6 is 0 Å². The monoisotopic (exact) mass is 265 g/mol. The average Bonchev–Trinajstić information content (AvgIpc) is 2.35. The molecule has 1 aromatic rings. The van der Waals surface area contributed by atoms with Crippen molar-refractivity contribution in [2.45, 2.75) is 26.4 Å². The lowest BCUT2D eigenvalue weighted by molar-refractivity contribution is -0.384. The lowest BCUT2D eigenvalue weighted by Gasteiger charge is -2.18. The summed E-state index contributed by atoms with van der Waals surface area (Å²) in [4.78, 5) is 10.1. The van der Waals surface area contributed by atoms with Gasteiger partial charge in [-0.05, 0) is 18.6 Å². The fraction of sp³-hybridized carbons (Fsp3) is 0.385. The Labute approximate surface area is 108 Å². The van der Waals surface area contributed by atoms with Crippen LogP contribution in [0.25, 0.3) is 0 Å². The molecule has 98 valence electrons. The molecule has 4 nitrogen and oxygen atoms in total. The zero-order valence-corrected chi connectivity index (χ0v) is 12.1. The molecular weight excluding hydrogens is 246 g/mol. The first-order valence-electron chi connectivity index (χ1n) is 5.99. The third-order valence-corrected chi connectivity index (χ3v) is 4.49. The largest absolute Gasteiger partial charge is 0.497 e. The summed E-state index contributed by atoms with van der Waals surface area (Å²) in [6, 6.07) is 6.22. The minimum Gasteiger partial charge on any atom is -0.497 e. The van der Waals surface area contributed by atoms with E-state index in [0.29, 0.717) is 12.0 Å². The fourth-order valence-electron chi connectivity index (χ4n) is 1.42. The predicted molar refractivity (Wildman–Crippen MR) is 75.5 cm³/mol. The summed E-state index contributed by atoms with van der Waals surface area (Å²) in [5.41, 5.74) is 2.35. The Morgan fingerprint density at radius 2 is 1.94 bits per heavy atom. The van der Waals surface area contributed by atoms with E-state index in [1.807, 2.05) is 0 Å². The van der Waals surface area contributed by atoms with Gasteiger partial charge in [0.1, 0.15) is 13.8 Å². The highest BCUT2D eigenvalue weighted by Crippen LogP contribution is 2.18. The van der Waals surface area contributed by atoms with Gasteiger partial charge in [-0.3, -0.25) is 10.1 Å². The van der Waals surface area contributed by atoms with Gasteiger partial charge in [-0.15, -0.1) is 0 Å². The molecule has 1 rings (SSSR count). The quantitative estimate of drug-likeness (QED) is 0.447. The van der Waals surface area contributed by atoms with Crippen LogP contribution in [0.3, 0.4) is 0 Å². The molecule has 0 radical (unpaired) electrons. The van der Waals surface area contributed by atoms with Gasteiger partial charge < -0.3 is 4.74 Å². The minimum absolute atomic E-state index is 0.0877. The molecule has 0 aliphatic rings. The molecule has 0 heterocycles. The summed E-state index contributed by atoms with van der Waals surface area (Å²) >= 11 is 0. The maximum Gasteiger partial charge on any atom is 0.269 e. The summed E-state index contributed by atoms with van der Waals surface area (Å²) in [6.45, 7) is 6.56. The molecule has 0 N–H and O–H groups in total. The van der Waals surface area contributed by atoms with E-state index in [-0.39, 0.29) is 5.69 Å². The number of non-ortho nitro benzene ring substituents is 1. The number of nitrogens with zero attached hydrogens (tertiary/aromatic N) is 1. The Hall–Kier alpha value is -1.62. The lowest BCUT2D eigenvalue weighted by Crippen LogP contribution is -2.32. The molecule has 0 aliphatic carbocycles. The Bertz CT molecular complexity index is 426. The van der Waals surface area contributed by atoms with E-state index in [0.717, 1.165) is 6.42 Å². The van der Waals surface area contributed by atoms with Gasteiger partial charge in [0.2, 0.25) is 0 Å². The van der Waals surface area contributed by atoms with Crippen LogP contribution in [0.5, 0.6) is 5.75 Å². The van der Waals surface area contributed by atoms with E-state index < -0.39 is 13.0 Å². The van der Waals surface area contributed by atoms with Crippen LogP contribution in [0.15, 0.2) is 36.0 Å². The molecule has 0 saturated carbocycles. The second-order valence-electron chi connectivity index (χ2n) is 4.84. The lowest BCUT2D eigenvalue weighted by atomic mass is 10.3. The first-order valence-corrected chi connectivity index (χ1v) is 9.28. The summed E-state index contributed by atoms with van der Waals surface area (Å²) in [5, 5.41) is 10.5. The first-order chi connectivity index (χ1) is 8.44. The fourth-order valence-corrected chi connectivity index (χ4v) is 2.93. The van der Waals surface area contributed by atoms with E-state index in [1.165, 1.54) is 12.1 Å². The number of hydrogen-bond acceptors (Lipinski definition) is 3. The van der Waals surface area contributed by atoms with Crippen molar-refractivity contribution in [2.24, 2.45) is 0 Å². The van der Waals surface area contributed by atoms with Gasteiger partial charge in [-0.25, -0.2) is 0 Å². The van der Waals surface area contributed by atoms with Crippen LogP contribution in [-0.2, 0) is 0 Å². The van der Waals surface area contributed by atoms with Crippen molar-refractivity contribution in [2.75, 3.05) is 6.23 Å². The normalized spacial score (nSPS) is 11.7. The van der Waals surface area contributed by atoms with Gasteiger partial charge in [0.05, 0.1) is 11.2 Å². The van der Waals surface area contributed by atoms with Crippen molar-refractivity contribution in [3.05, 3.63) is 46.2 Å². The summed E-state index contributed by atoms with van der Waals surface area (Å²) < 4.78 is 5.69. The number of benzene rings is 1. The van der Waals surface area contributed by atoms with Gasteiger partial charge in [0.15, 0.2) is 0 Å². The van der Waals surface area contributed by atoms with Crippen LogP contribution < -0.4 is 4.74 Å².